The summed E-state index contributed by atoms with van der Waals surface area (Å²) >= 11 is 0. The summed E-state index contributed by atoms with van der Waals surface area (Å²) in [7, 11) is 0. The Kier molecular flexibility index (Phi) is 6.29. The first-order chi connectivity index (χ1) is 13.9. The van der Waals surface area contributed by atoms with Crippen LogP contribution < -0.4 is 14.8 Å². The van der Waals surface area contributed by atoms with Gasteiger partial charge in [0.2, 0.25) is 0 Å². The predicted octanol–water partition coefficient (Wildman–Crippen LogP) is 5.32. The van der Waals surface area contributed by atoms with Gasteiger partial charge in [-0.2, -0.15) is 0 Å². The predicted molar refractivity (Wildman–Crippen MR) is 113 cm³/mol. The molecular formula is C24H23NO4. The quantitative estimate of drug-likeness (QED) is 0.458. The Bertz CT molecular complexity index is 1010. The molecule has 0 aliphatic rings. The lowest BCUT2D eigenvalue weighted by atomic mass is 10.1. The third-order valence-electron chi connectivity index (χ3n) is 4.05. The molecule has 3 aromatic carbocycles. The minimum absolute atomic E-state index is 0.0481. The van der Waals surface area contributed by atoms with Crippen molar-refractivity contribution >= 4 is 17.6 Å². The molecule has 0 radical (unpaired) electrons. The van der Waals surface area contributed by atoms with Crippen molar-refractivity contribution in [3.63, 3.8) is 0 Å². The summed E-state index contributed by atoms with van der Waals surface area (Å²) < 4.78 is 10.9. The van der Waals surface area contributed by atoms with Crippen molar-refractivity contribution in [3.05, 3.63) is 78.4 Å². The molecule has 0 bridgehead atoms. The first-order valence-corrected chi connectivity index (χ1v) is 9.38. The second kappa shape index (κ2) is 9.06. The van der Waals surface area contributed by atoms with Crippen molar-refractivity contribution in [2.24, 2.45) is 0 Å². The van der Waals surface area contributed by atoms with E-state index in [1.54, 1.807) is 18.2 Å². The second-order valence-corrected chi connectivity index (χ2v) is 6.82. The lowest BCUT2D eigenvalue weighted by Gasteiger charge is -2.14. The van der Waals surface area contributed by atoms with Crippen molar-refractivity contribution in [1.82, 2.24) is 0 Å². The summed E-state index contributed by atoms with van der Waals surface area (Å²) in [4.78, 5) is 24.4. The Morgan fingerprint density at radius 3 is 2.28 bits per heavy atom. The van der Waals surface area contributed by atoms with Crippen molar-refractivity contribution < 1.29 is 19.1 Å². The largest absolute Gasteiger partial charge is 0.491 e. The van der Waals surface area contributed by atoms with Crippen molar-refractivity contribution in [1.29, 1.82) is 0 Å². The third kappa shape index (κ3) is 5.45. The fraction of sp³-hybridized carbons (Fsp3) is 0.167. The maximum Gasteiger partial charge on any atom is 0.308 e. The first-order valence-electron chi connectivity index (χ1n) is 9.38. The summed E-state index contributed by atoms with van der Waals surface area (Å²) in [5.74, 6) is -0.173. The van der Waals surface area contributed by atoms with E-state index in [9.17, 15) is 9.59 Å². The zero-order valence-corrected chi connectivity index (χ0v) is 16.6. The summed E-state index contributed by atoms with van der Waals surface area (Å²) in [5.41, 5.74) is 2.90. The van der Waals surface area contributed by atoms with Gasteiger partial charge in [0.25, 0.3) is 5.91 Å². The highest BCUT2D eigenvalue weighted by Crippen LogP contribution is 2.27. The maximum atomic E-state index is 12.9. The number of rotatable bonds is 6. The zero-order valence-electron chi connectivity index (χ0n) is 16.6. The molecule has 5 heteroatoms. The van der Waals surface area contributed by atoms with Crippen LogP contribution in [-0.4, -0.2) is 18.0 Å². The minimum Gasteiger partial charge on any atom is -0.491 e. The van der Waals surface area contributed by atoms with Crippen molar-refractivity contribution in [3.8, 4) is 22.6 Å². The number of benzene rings is 3. The van der Waals surface area contributed by atoms with Gasteiger partial charge in [0.1, 0.15) is 11.5 Å². The molecule has 3 rings (SSSR count). The van der Waals surface area contributed by atoms with Crippen LogP contribution in [0.15, 0.2) is 72.8 Å². The summed E-state index contributed by atoms with van der Waals surface area (Å²) in [5, 5.41) is 2.88. The molecule has 0 unspecified atom stereocenters. The monoisotopic (exact) mass is 389 g/mol. The fourth-order valence-electron chi connectivity index (χ4n) is 2.88. The van der Waals surface area contributed by atoms with Crippen molar-refractivity contribution in [2.45, 2.75) is 26.9 Å². The molecule has 1 amide bonds. The second-order valence-electron chi connectivity index (χ2n) is 6.82. The number of hydrogen-bond donors (Lipinski definition) is 1. The molecule has 0 saturated carbocycles. The molecule has 0 saturated heterocycles. The first kappa shape index (κ1) is 20.1. The van der Waals surface area contributed by atoms with Gasteiger partial charge >= 0.3 is 5.97 Å². The molecule has 0 atom stereocenters. The summed E-state index contributed by atoms with van der Waals surface area (Å²) in [6.45, 7) is 5.09. The molecular weight excluding hydrogens is 366 g/mol. The van der Waals surface area contributed by atoms with Gasteiger partial charge in [-0.05, 0) is 55.3 Å². The number of anilines is 1. The number of carbonyl (C=O) groups is 2. The number of nitrogens with one attached hydrogen (secondary N) is 1. The lowest BCUT2D eigenvalue weighted by Crippen LogP contribution is -2.16. The normalized spacial score (nSPS) is 10.5. The van der Waals surface area contributed by atoms with Crippen LogP contribution in [0.2, 0.25) is 0 Å². The van der Waals surface area contributed by atoms with Crippen LogP contribution in [0.3, 0.4) is 0 Å². The van der Waals surface area contributed by atoms with E-state index >= 15 is 0 Å². The van der Waals surface area contributed by atoms with Crippen LogP contribution in [0.5, 0.6) is 11.5 Å². The van der Waals surface area contributed by atoms with E-state index in [0.717, 1.165) is 11.1 Å². The highest BCUT2D eigenvalue weighted by atomic mass is 16.5. The number of amides is 1. The van der Waals surface area contributed by atoms with E-state index in [1.807, 2.05) is 68.4 Å². The van der Waals surface area contributed by atoms with E-state index in [-0.39, 0.29) is 23.3 Å². The fourth-order valence-corrected chi connectivity index (χ4v) is 2.88. The molecule has 0 aromatic heterocycles. The van der Waals surface area contributed by atoms with Crippen LogP contribution in [0.25, 0.3) is 11.1 Å². The van der Waals surface area contributed by atoms with Crippen LogP contribution >= 0.6 is 0 Å². The maximum absolute atomic E-state index is 12.9. The van der Waals surface area contributed by atoms with E-state index in [2.05, 4.69) is 5.32 Å². The van der Waals surface area contributed by atoms with Crippen LogP contribution in [0, 0.1) is 0 Å². The Hall–Kier alpha value is -3.60. The Labute approximate surface area is 170 Å². The summed E-state index contributed by atoms with van der Waals surface area (Å²) in [6.07, 6.45) is -0.0481. The van der Waals surface area contributed by atoms with Gasteiger partial charge in [-0.3, -0.25) is 9.59 Å². The van der Waals surface area contributed by atoms with E-state index in [1.165, 1.54) is 6.92 Å². The molecule has 3 aromatic rings. The van der Waals surface area contributed by atoms with Gasteiger partial charge in [-0.15, -0.1) is 0 Å². The Morgan fingerprint density at radius 2 is 1.59 bits per heavy atom. The smallest absolute Gasteiger partial charge is 0.308 e. The zero-order chi connectivity index (χ0) is 20.8. The average molecular weight is 389 g/mol. The molecule has 1 N–H and O–H groups in total. The number of ether oxygens (including phenoxy) is 2. The van der Waals surface area contributed by atoms with Crippen molar-refractivity contribution in [2.75, 3.05) is 5.32 Å². The van der Waals surface area contributed by atoms with Gasteiger partial charge in [0.05, 0.1) is 11.7 Å². The van der Waals surface area contributed by atoms with Crippen LogP contribution in [-0.2, 0) is 4.79 Å². The highest BCUT2D eigenvalue weighted by molar-refractivity contribution is 6.07. The molecule has 148 valence electrons. The number of hydrogen-bond acceptors (Lipinski definition) is 4. The van der Waals surface area contributed by atoms with Gasteiger partial charge in [-0.25, -0.2) is 0 Å². The van der Waals surface area contributed by atoms with Crippen LogP contribution in [0.4, 0.5) is 5.69 Å². The average Bonchev–Trinajstić information content (AvgIpc) is 2.69. The topological polar surface area (TPSA) is 64.6 Å². The molecule has 29 heavy (non-hydrogen) atoms. The number of esters is 1. The molecule has 0 aliphatic carbocycles. The molecule has 0 aliphatic heterocycles. The lowest BCUT2D eigenvalue weighted by molar-refractivity contribution is -0.131. The minimum atomic E-state index is -0.498. The Morgan fingerprint density at radius 1 is 0.862 bits per heavy atom. The van der Waals surface area contributed by atoms with E-state index in [0.29, 0.717) is 11.4 Å². The van der Waals surface area contributed by atoms with Gasteiger partial charge in [-0.1, -0.05) is 42.5 Å². The van der Waals surface area contributed by atoms with E-state index in [4.69, 9.17) is 9.47 Å². The van der Waals surface area contributed by atoms with Crippen LogP contribution in [0.1, 0.15) is 31.1 Å². The van der Waals surface area contributed by atoms with Gasteiger partial charge in [0.15, 0.2) is 0 Å². The summed E-state index contributed by atoms with van der Waals surface area (Å²) in [6, 6.07) is 22.3. The van der Waals surface area contributed by atoms with Gasteiger partial charge in [0, 0.05) is 12.6 Å². The Balaban J connectivity index is 1.88. The molecule has 0 spiro atoms. The number of carbonyl (C=O) groups excluding carboxylic acids is 2. The molecule has 0 fully saturated rings. The molecule has 0 heterocycles. The standard InChI is InChI=1S/C24H23NO4/c1-16(2)28-21-12-13-23(29-17(3)26)22(15-21)24(27)25-20-11-7-10-19(14-20)18-8-5-4-6-9-18/h4-16H,1-3H3,(H,25,27). The SMILES string of the molecule is CC(=O)Oc1ccc(OC(C)C)cc1C(=O)Nc1cccc(-c2ccccc2)c1. The molecule has 5 nitrogen and oxygen atoms in total. The van der Waals surface area contributed by atoms with Gasteiger partial charge < -0.3 is 14.8 Å². The third-order valence-corrected chi connectivity index (χ3v) is 4.05. The van der Waals surface area contributed by atoms with E-state index < -0.39 is 5.97 Å². The highest BCUT2D eigenvalue weighted by Gasteiger charge is 2.17.